The molecule has 3 aliphatic rings. The number of nitrogens with two attached hydrogens (primary N) is 1. The van der Waals surface area contributed by atoms with Crippen LogP contribution in [-0.2, 0) is 17.6 Å². The van der Waals surface area contributed by atoms with Crippen LogP contribution >= 0.6 is 0 Å². The molecule has 2 aromatic carbocycles. The van der Waals surface area contributed by atoms with Crippen LogP contribution in [0.4, 0.5) is 0 Å². The lowest BCUT2D eigenvalue weighted by molar-refractivity contribution is -0.146. The number of aliphatic carboxylic acids is 1. The predicted octanol–water partition coefficient (Wildman–Crippen LogP) is 8.63. The molecule has 1 fully saturated rings. The van der Waals surface area contributed by atoms with Crippen molar-refractivity contribution in [2.45, 2.75) is 134 Å². The summed E-state index contributed by atoms with van der Waals surface area (Å²) in [6.07, 6.45) is 19.8. The van der Waals surface area contributed by atoms with Crippen LogP contribution in [0.2, 0.25) is 0 Å². The number of phenolic OH excluding ortho intramolecular Hbond substituents is 2. The van der Waals surface area contributed by atoms with Gasteiger partial charge in [-0.2, -0.15) is 0 Å². The highest BCUT2D eigenvalue weighted by Crippen LogP contribution is 2.47. The van der Waals surface area contributed by atoms with Crippen molar-refractivity contribution in [3.05, 3.63) is 107 Å². The van der Waals surface area contributed by atoms with Gasteiger partial charge in [0.1, 0.15) is 11.5 Å². The largest absolute Gasteiger partial charge is 0.508 e. The minimum absolute atomic E-state index is 0.0148. The number of carboxylic acid groups (broad SMARTS) is 1. The number of aliphatic hydroxyl groups is 3. The number of phenols is 2. The quantitative estimate of drug-likeness (QED) is 0.0353. The van der Waals surface area contributed by atoms with Crippen LogP contribution in [0.1, 0.15) is 120 Å². The molecular formula is C50H69N3O7. The summed E-state index contributed by atoms with van der Waals surface area (Å²) < 4.78 is 0. The summed E-state index contributed by atoms with van der Waals surface area (Å²) in [5.74, 6) is -0.723. The summed E-state index contributed by atoms with van der Waals surface area (Å²) in [6.45, 7) is 2.86. The van der Waals surface area contributed by atoms with Crippen molar-refractivity contribution in [3.63, 3.8) is 0 Å². The van der Waals surface area contributed by atoms with E-state index in [1.165, 1.54) is 25.3 Å². The average Bonchev–Trinajstić information content (AvgIpc) is 3.80. The van der Waals surface area contributed by atoms with Gasteiger partial charge in [0.2, 0.25) is 0 Å². The van der Waals surface area contributed by atoms with Gasteiger partial charge >= 0.3 is 5.97 Å². The van der Waals surface area contributed by atoms with Crippen molar-refractivity contribution in [2.75, 3.05) is 6.54 Å². The molecule has 0 spiro atoms. The molecule has 10 N–H and O–H groups in total. The van der Waals surface area contributed by atoms with Gasteiger partial charge in [-0.3, -0.25) is 4.79 Å². The van der Waals surface area contributed by atoms with Gasteiger partial charge in [0.25, 0.3) is 0 Å². The number of nitrogens with one attached hydrogen (secondary N) is 2. The minimum Gasteiger partial charge on any atom is -0.508 e. The fraction of sp³-hybridized carbons (Fsp3) is 0.540. The number of hydrogen-bond donors (Lipinski definition) is 9. The Balaban J connectivity index is 1.08. The van der Waals surface area contributed by atoms with Gasteiger partial charge < -0.3 is 46.7 Å². The zero-order chi connectivity index (χ0) is 42.6. The number of benzene rings is 2. The van der Waals surface area contributed by atoms with E-state index in [0.717, 1.165) is 67.5 Å². The first-order valence-corrected chi connectivity index (χ1v) is 22.6. The Bertz CT molecular complexity index is 1940. The molecule has 1 aromatic heterocycles. The van der Waals surface area contributed by atoms with E-state index in [4.69, 9.17) is 5.73 Å². The maximum atomic E-state index is 12.5. The van der Waals surface area contributed by atoms with E-state index >= 15 is 0 Å². The summed E-state index contributed by atoms with van der Waals surface area (Å²) in [4.78, 5) is 16.0. The number of carboxylic acids is 1. The van der Waals surface area contributed by atoms with Crippen molar-refractivity contribution >= 4 is 5.97 Å². The molecule has 3 aromatic rings. The number of allylic oxidation sites excluding steroid dienone is 3. The van der Waals surface area contributed by atoms with Crippen molar-refractivity contribution in [3.8, 4) is 22.8 Å². The zero-order valence-corrected chi connectivity index (χ0v) is 35.4. The topological polar surface area (TPSA) is 192 Å². The van der Waals surface area contributed by atoms with Crippen LogP contribution in [0.3, 0.4) is 0 Å². The number of hydrogen-bond acceptors (Lipinski definition) is 8. The van der Waals surface area contributed by atoms with E-state index in [1.54, 1.807) is 6.07 Å². The smallest absolute Gasteiger partial charge is 0.309 e. The Morgan fingerprint density at radius 2 is 1.75 bits per heavy atom. The number of aromatic hydroxyl groups is 2. The van der Waals surface area contributed by atoms with E-state index < -0.39 is 23.6 Å². The van der Waals surface area contributed by atoms with Crippen LogP contribution < -0.4 is 11.1 Å². The Kier molecular flexibility index (Phi) is 16.0. The van der Waals surface area contributed by atoms with Gasteiger partial charge in [0.05, 0.1) is 29.5 Å². The second-order valence-electron chi connectivity index (χ2n) is 18.1. The average molecular weight is 824 g/mol. The first-order valence-electron chi connectivity index (χ1n) is 22.6. The third-order valence-electron chi connectivity index (χ3n) is 13.5. The molecule has 2 aliphatic carbocycles. The molecule has 2 heterocycles. The second kappa shape index (κ2) is 21.3. The van der Waals surface area contributed by atoms with Crippen LogP contribution in [0.5, 0.6) is 11.5 Å². The number of aromatic amines is 1. The lowest BCUT2D eigenvalue weighted by atomic mass is 9.80. The Hall–Kier alpha value is -4.51. The lowest BCUT2D eigenvalue weighted by Gasteiger charge is -2.32. The van der Waals surface area contributed by atoms with Crippen molar-refractivity contribution in [2.24, 2.45) is 35.3 Å². The van der Waals surface area contributed by atoms with Crippen LogP contribution in [0.15, 0.2) is 90.3 Å². The maximum Gasteiger partial charge on any atom is 0.309 e. The SMILES string of the molecule is CCCCCC1C=CC(CCCCCC(C(=O)O)C(O)CCC2(O)CC(CC3=CCNC(N)=C3)CC2Cc2ccc(-c3cc(O)cc(O)c3Cc3ccccc3)[nH]2)C(O)C1. The summed E-state index contributed by atoms with van der Waals surface area (Å²) in [7, 11) is 0. The van der Waals surface area contributed by atoms with Crippen molar-refractivity contribution in [1.29, 1.82) is 0 Å². The third-order valence-corrected chi connectivity index (χ3v) is 13.5. The van der Waals surface area contributed by atoms with Gasteiger partial charge in [-0.05, 0) is 117 Å². The third kappa shape index (κ3) is 12.3. The van der Waals surface area contributed by atoms with Crippen molar-refractivity contribution < 1.29 is 35.4 Å². The number of H-pyrrole nitrogens is 1. The molecule has 0 amide bonds. The van der Waals surface area contributed by atoms with Gasteiger partial charge in [0.15, 0.2) is 0 Å². The zero-order valence-electron chi connectivity index (χ0n) is 35.4. The molecule has 10 heteroatoms. The standard InChI is InChI=1S/C50H69N3O7/c1-2-3-6-11-34-16-17-37(46(56)27-34)14-9-5-10-15-41(49(58)59)45(55)20-22-50(60)32-36(24-35-21-23-52-48(51)28-35)25-38(50)29-39-18-19-44(53-39)42-30-40(54)31-47(57)43(42)26-33-12-7-4-8-13-33/h4,7-8,12-13,16-19,21,28,30-31,34,36-38,41,45-46,52-57,60H,2-3,5-6,9-11,14-15,20,22-27,29,32,51H2,1H3,(H,58,59). The highest BCUT2D eigenvalue weighted by molar-refractivity contribution is 5.71. The molecule has 10 nitrogen and oxygen atoms in total. The minimum atomic E-state index is -1.13. The molecule has 0 bridgehead atoms. The van der Waals surface area contributed by atoms with E-state index in [-0.39, 0.29) is 48.2 Å². The maximum absolute atomic E-state index is 12.5. The fourth-order valence-corrected chi connectivity index (χ4v) is 10.2. The van der Waals surface area contributed by atoms with Crippen LogP contribution in [0.25, 0.3) is 11.3 Å². The molecule has 0 radical (unpaired) electrons. The molecule has 60 heavy (non-hydrogen) atoms. The number of unbranched alkanes of at least 4 members (excludes halogenated alkanes) is 4. The fourth-order valence-electron chi connectivity index (χ4n) is 10.2. The molecule has 8 unspecified atom stereocenters. The van der Waals surface area contributed by atoms with E-state index in [9.17, 15) is 35.4 Å². The summed E-state index contributed by atoms with van der Waals surface area (Å²) in [5, 5.41) is 69.3. The van der Waals surface area contributed by atoms with Gasteiger partial charge in [-0.1, -0.05) is 94.0 Å². The molecule has 6 rings (SSSR count). The number of dihydropyridines is 1. The summed E-state index contributed by atoms with van der Waals surface area (Å²) in [5.41, 5.74) is 10.2. The van der Waals surface area contributed by atoms with Gasteiger partial charge in [-0.25, -0.2) is 0 Å². The van der Waals surface area contributed by atoms with E-state index in [2.05, 4.69) is 35.5 Å². The summed E-state index contributed by atoms with van der Waals surface area (Å²) >= 11 is 0. The molecular weight excluding hydrogens is 755 g/mol. The van der Waals surface area contributed by atoms with Gasteiger partial charge in [0, 0.05) is 47.5 Å². The normalized spacial score (nSPS) is 25.0. The van der Waals surface area contributed by atoms with Crippen LogP contribution in [-0.4, -0.2) is 65.9 Å². The number of carbonyl (C=O) groups is 1. The van der Waals surface area contributed by atoms with Crippen LogP contribution in [0, 0.1) is 29.6 Å². The highest BCUT2D eigenvalue weighted by atomic mass is 16.4. The Morgan fingerprint density at radius 3 is 2.50 bits per heavy atom. The molecule has 0 saturated heterocycles. The first kappa shape index (κ1) is 45.0. The summed E-state index contributed by atoms with van der Waals surface area (Å²) in [6, 6.07) is 16.8. The number of aliphatic hydroxyl groups excluding tert-OH is 2. The lowest BCUT2D eigenvalue weighted by Crippen LogP contribution is -2.37. The predicted molar refractivity (Wildman–Crippen MR) is 237 cm³/mol. The molecule has 1 saturated carbocycles. The monoisotopic (exact) mass is 824 g/mol. The molecule has 8 atom stereocenters. The molecule has 1 aliphatic heterocycles. The number of aromatic nitrogens is 1. The first-order chi connectivity index (χ1) is 28.9. The number of rotatable bonds is 22. The Labute approximate surface area is 356 Å². The van der Waals surface area contributed by atoms with Crippen molar-refractivity contribution in [1.82, 2.24) is 10.3 Å². The van der Waals surface area contributed by atoms with E-state index in [1.807, 2.05) is 48.5 Å². The Morgan fingerprint density at radius 1 is 0.950 bits per heavy atom. The van der Waals surface area contributed by atoms with E-state index in [0.29, 0.717) is 61.5 Å². The molecule has 326 valence electrons. The highest BCUT2D eigenvalue weighted by Gasteiger charge is 2.46. The second-order valence-corrected chi connectivity index (χ2v) is 18.1. The van der Waals surface area contributed by atoms with Gasteiger partial charge in [-0.15, -0.1) is 0 Å².